The highest BCUT2D eigenvalue weighted by atomic mass is 79.9. The molecule has 0 aromatic heterocycles. The lowest BCUT2D eigenvalue weighted by Crippen LogP contribution is -2.37. The normalized spacial score (nSPS) is 11.2. The number of carbonyl (C=O) groups excluding carboxylic acids is 1. The van der Waals surface area contributed by atoms with Crippen molar-refractivity contribution in [2.45, 2.75) is 11.8 Å². The maximum absolute atomic E-state index is 13.2. The van der Waals surface area contributed by atoms with E-state index < -0.39 is 15.9 Å². The third-order valence-corrected chi connectivity index (χ3v) is 6.08. The lowest BCUT2D eigenvalue weighted by Gasteiger charge is -2.23. The third-order valence-electron chi connectivity index (χ3n) is 3.83. The number of aryl methyl sites for hydroxylation is 1. The SMILES string of the molecule is Cc1ccc(N(C(=O)c2ccc(Br)cc2)S(=O)(=O)c2ccccc2)cc1. The first-order valence-corrected chi connectivity index (χ1v) is 10.1. The Hall–Kier alpha value is -2.44. The molecule has 0 saturated carbocycles. The molecule has 0 aliphatic heterocycles. The molecule has 0 unspecified atom stereocenters. The van der Waals surface area contributed by atoms with E-state index in [0.717, 1.165) is 14.3 Å². The van der Waals surface area contributed by atoms with Crippen molar-refractivity contribution in [3.8, 4) is 0 Å². The van der Waals surface area contributed by atoms with Crippen LogP contribution in [-0.2, 0) is 10.0 Å². The van der Waals surface area contributed by atoms with Gasteiger partial charge in [0, 0.05) is 10.0 Å². The Kier molecular flexibility index (Phi) is 5.25. The van der Waals surface area contributed by atoms with Crippen molar-refractivity contribution in [1.82, 2.24) is 0 Å². The minimum Gasteiger partial charge on any atom is -0.268 e. The number of nitrogens with zero attached hydrogens (tertiary/aromatic N) is 1. The zero-order valence-electron chi connectivity index (χ0n) is 14.0. The Balaban J connectivity index is 2.15. The first-order valence-electron chi connectivity index (χ1n) is 7.86. The molecule has 6 heteroatoms. The predicted octanol–water partition coefficient (Wildman–Crippen LogP) is 4.79. The van der Waals surface area contributed by atoms with Crippen LogP contribution in [0.5, 0.6) is 0 Å². The molecule has 3 aromatic rings. The summed E-state index contributed by atoms with van der Waals surface area (Å²) < 4.78 is 28.1. The standard InChI is InChI=1S/C20H16BrNO3S/c1-15-7-13-18(14-8-15)22(20(23)16-9-11-17(21)12-10-16)26(24,25)19-5-3-2-4-6-19/h2-14H,1H3. The van der Waals surface area contributed by atoms with Gasteiger partial charge in [0.05, 0.1) is 10.6 Å². The highest BCUT2D eigenvalue weighted by Gasteiger charge is 2.31. The van der Waals surface area contributed by atoms with Crippen molar-refractivity contribution in [3.63, 3.8) is 0 Å². The van der Waals surface area contributed by atoms with Crippen molar-refractivity contribution >= 4 is 37.5 Å². The van der Waals surface area contributed by atoms with Crippen LogP contribution in [0.15, 0.2) is 88.2 Å². The summed E-state index contributed by atoms with van der Waals surface area (Å²) in [6, 6.07) is 21.3. The van der Waals surface area contributed by atoms with Gasteiger partial charge in [-0.2, -0.15) is 4.31 Å². The molecule has 132 valence electrons. The minimum atomic E-state index is -4.05. The maximum atomic E-state index is 13.2. The molecule has 3 aromatic carbocycles. The predicted molar refractivity (Wildman–Crippen MR) is 106 cm³/mol. The number of carbonyl (C=O) groups is 1. The fraction of sp³-hybridized carbons (Fsp3) is 0.0500. The molecule has 0 heterocycles. The Morgan fingerprint density at radius 3 is 2.00 bits per heavy atom. The van der Waals surface area contributed by atoms with E-state index in [1.165, 1.54) is 12.1 Å². The van der Waals surface area contributed by atoms with Gasteiger partial charge in [-0.05, 0) is 55.5 Å². The van der Waals surface area contributed by atoms with Gasteiger partial charge in [-0.3, -0.25) is 4.79 Å². The highest BCUT2D eigenvalue weighted by molar-refractivity contribution is 9.10. The summed E-state index contributed by atoms with van der Waals surface area (Å²) in [7, 11) is -4.05. The zero-order valence-corrected chi connectivity index (χ0v) is 16.4. The van der Waals surface area contributed by atoms with E-state index in [0.29, 0.717) is 5.69 Å². The summed E-state index contributed by atoms with van der Waals surface area (Å²) in [5, 5.41) is 0. The van der Waals surface area contributed by atoms with Crippen LogP contribution in [0.3, 0.4) is 0 Å². The van der Waals surface area contributed by atoms with Crippen LogP contribution in [0.25, 0.3) is 0 Å². The summed E-state index contributed by atoms with van der Waals surface area (Å²) in [4.78, 5) is 13.2. The number of anilines is 1. The number of amides is 1. The average Bonchev–Trinajstić information content (AvgIpc) is 2.64. The second kappa shape index (κ2) is 7.43. The molecule has 0 fully saturated rings. The Bertz CT molecular complexity index is 1010. The summed E-state index contributed by atoms with van der Waals surface area (Å²) in [5.41, 5.74) is 1.56. The minimum absolute atomic E-state index is 0.0611. The molecule has 1 amide bonds. The summed E-state index contributed by atoms with van der Waals surface area (Å²) in [6.45, 7) is 1.90. The second-order valence-electron chi connectivity index (χ2n) is 5.73. The number of hydrogen-bond donors (Lipinski definition) is 0. The average molecular weight is 430 g/mol. The Morgan fingerprint density at radius 1 is 0.846 bits per heavy atom. The summed E-state index contributed by atoms with van der Waals surface area (Å²) in [6.07, 6.45) is 0. The van der Waals surface area contributed by atoms with Gasteiger partial charge in [-0.15, -0.1) is 0 Å². The van der Waals surface area contributed by atoms with Gasteiger partial charge in [0.15, 0.2) is 0 Å². The van der Waals surface area contributed by atoms with Crippen molar-refractivity contribution in [3.05, 3.63) is 94.5 Å². The van der Waals surface area contributed by atoms with Crippen molar-refractivity contribution in [1.29, 1.82) is 0 Å². The van der Waals surface area contributed by atoms with Crippen LogP contribution in [-0.4, -0.2) is 14.3 Å². The molecule has 0 N–H and O–H groups in total. The molecule has 0 atom stereocenters. The first kappa shape index (κ1) is 18.4. The van der Waals surface area contributed by atoms with E-state index in [9.17, 15) is 13.2 Å². The number of hydrogen-bond acceptors (Lipinski definition) is 3. The van der Waals surface area contributed by atoms with Crippen LogP contribution in [0, 0.1) is 6.92 Å². The van der Waals surface area contributed by atoms with Crippen LogP contribution in [0.1, 0.15) is 15.9 Å². The second-order valence-corrected chi connectivity index (χ2v) is 8.43. The van der Waals surface area contributed by atoms with Crippen molar-refractivity contribution in [2.75, 3.05) is 4.31 Å². The molecule has 0 bridgehead atoms. The van der Waals surface area contributed by atoms with Crippen LogP contribution in [0.2, 0.25) is 0 Å². The van der Waals surface area contributed by atoms with Gasteiger partial charge in [0.2, 0.25) is 0 Å². The first-order chi connectivity index (χ1) is 12.4. The van der Waals surface area contributed by atoms with Crippen LogP contribution < -0.4 is 4.31 Å². The van der Waals surface area contributed by atoms with E-state index >= 15 is 0 Å². The van der Waals surface area contributed by atoms with E-state index in [2.05, 4.69) is 15.9 Å². The molecule has 4 nitrogen and oxygen atoms in total. The zero-order chi connectivity index (χ0) is 18.7. The molecule has 0 aliphatic carbocycles. The quantitative estimate of drug-likeness (QED) is 0.598. The number of rotatable bonds is 4. The summed E-state index contributed by atoms with van der Waals surface area (Å²) in [5.74, 6) is -0.606. The smallest absolute Gasteiger partial charge is 0.268 e. The molecular weight excluding hydrogens is 414 g/mol. The summed E-state index contributed by atoms with van der Waals surface area (Å²) >= 11 is 3.32. The number of halogens is 1. The Labute approximate surface area is 161 Å². The van der Waals surface area contributed by atoms with Crippen LogP contribution in [0.4, 0.5) is 5.69 Å². The van der Waals surface area contributed by atoms with Gasteiger partial charge in [0.25, 0.3) is 15.9 Å². The lowest BCUT2D eigenvalue weighted by atomic mass is 10.2. The van der Waals surface area contributed by atoms with Gasteiger partial charge in [-0.1, -0.05) is 51.8 Å². The van der Waals surface area contributed by atoms with Gasteiger partial charge in [0.1, 0.15) is 0 Å². The number of benzene rings is 3. The largest absolute Gasteiger partial charge is 0.272 e. The molecule has 26 heavy (non-hydrogen) atoms. The fourth-order valence-corrected chi connectivity index (χ4v) is 4.15. The van der Waals surface area contributed by atoms with Gasteiger partial charge >= 0.3 is 0 Å². The van der Waals surface area contributed by atoms with E-state index in [4.69, 9.17) is 0 Å². The maximum Gasteiger partial charge on any atom is 0.272 e. The molecule has 0 radical (unpaired) electrons. The van der Waals surface area contributed by atoms with Crippen molar-refractivity contribution in [2.24, 2.45) is 0 Å². The molecular formula is C20H16BrNO3S. The van der Waals surface area contributed by atoms with Gasteiger partial charge in [-0.25, -0.2) is 8.42 Å². The van der Waals surface area contributed by atoms with Crippen LogP contribution >= 0.6 is 15.9 Å². The Morgan fingerprint density at radius 2 is 1.42 bits per heavy atom. The number of sulfonamides is 1. The van der Waals surface area contributed by atoms with E-state index in [1.54, 1.807) is 66.7 Å². The topological polar surface area (TPSA) is 54.5 Å². The molecule has 0 saturated heterocycles. The van der Waals surface area contributed by atoms with Gasteiger partial charge < -0.3 is 0 Å². The lowest BCUT2D eigenvalue weighted by molar-refractivity contribution is 0.101. The van der Waals surface area contributed by atoms with E-state index in [-0.39, 0.29) is 10.5 Å². The van der Waals surface area contributed by atoms with E-state index in [1.807, 2.05) is 6.92 Å². The fourth-order valence-electron chi connectivity index (χ4n) is 2.45. The monoisotopic (exact) mass is 429 g/mol. The molecule has 3 rings (SSSR count). The highest BCUT2D eigenvalue weighted by Crippen LogP contribution is 2.26. The van der Waals surface area contributed by atoms with Crippen molar-refractivity contribution < 1.29 is 13.2 Å². The third kappa shape index (κ3) is 3.71. The molecule has 0 spiro atoms. The molecule has 0 aliphatic rings.